The summed E-state index contributed by atoms with van der Waals surface area (Å²) < 4.78 is 1.14. The lowest BCUT2D eigenvalue weighted by molar-refractivity contribution is -0.118. The molecule has 0 spiro atoms. The number of anilines is 1. The predicted octanol–water partition coefficient (Wildman–Crippen LogP) is 3.77. The van der Waals surface area contributed by atoms with Crippen molar-refractivity contribution in [1.29, 1.82) is 0 Å². The molecule has 0 saturated carbocycles. The molecular weight excluding hydrogens is 294 g/mol. The lowest BCUT2D eigenvalue weighted by Gasteiger charge is -2.21. The summed E-state index contributed by atoms with van der Waals surface area (Å²) in [7, 11) is 4.11. The van der Waals surface area contributed by atoms with Gasteiger partial charge in [-0.2, -0.15) is 0 Å². The average molecular weight is 319 g/mol. The molecule has 1 aromatic carbocycles. The van der Waals surface area contributed by atoms with E-state index in [0.29, 0.717) is 6.42 Å². The number of benzene rings is 1. The number of carbonyl (C=O) groups excluding carboxylic acids is 1. The van der Waals surface area contributed by atoms with Crippen molar-refractivity contribution < 1.29 is 4.79 Å². The monoisotopic (exact) mass is 319 g/mol. The van der Waals surface area contributed by atoms with Crippen molar-refractivity contribution in [3.8, 4) is 0 Å². The number of fused-ring (bicyclic) bond motifs is 1. The van der Waals surface area contributed by atoms with Crippen LogP contribution in [0.1, 0.15) is 32.6 Å². The Morgan fingerprint density at radius 1 is 1.18 bits per heavy atom. The lowest BCUT2D eigenvalue weighted by atomic mass is 10.2. The molecule has 4 nitrogen and oxygen atoms in total. The maximum absolute atomic E-state index is 12.5. The van der Waals surface area contributed by atoms with Gasteiger partial charge in [0.05, 0.1) is 10.2 Å². The second kappa shape index (κ2) is 8.25. The minimum absolute atomic E-state index is 0.194. The van der Waals surface area contributed by atoms with Crippen molar-refractivity contribution in [2.24, 2.45) is 0 Å². The minimum atomic E-state index is 0.194. The number of rotatable bonds is 8. The molecule has 0 aliphatic carbocycles. The number of hydrogen-bond acceptors (Lipinski definition) is 4. The van der Waals surface area contributed by atoms with Crippen molar-refractivity contribution >= 4 is 32.6 Å². The third-order valence-corrected chi connectivity index (χ3v) is 4.61. The fourth-order valence-electron chi connectivity index (χ4n) is 2.31. The second-order valence-electron chi connectivity index (χ2n) is 5.77. The molecule has 0 aliphatic rings. The van der Waals surface area contributed by atoms with Gasteiger partial charge in [-0.3, -0.25) is 9.69 Å². The number of hydrogen-bond donors (Lipinski definition) is 0. The van der Waals surface area contributed by atoms with Gasteiger partial charge in [0.1, 0.15) is 0 Å². The number of unbranched alkanes of at least 4 members (excludes halogenated alkanes) is 1. The van der Waals surface area contributed by atoms with Crippen LogP contribution < -0.4 is 4.90 Å². The zero-order valence-corrected chi connectivity index (χ0v) is 14.5. The van der Waals surface area contributed by atoms with Crippen LogP contribution in [0.5, 0.6) is 0 Å². The van der Waals surface area contributed by atoms with E-state index in [1.807, 2.05) is 23.1 Å². The van der Waals surface area contributed by atoms with E-state index in [-0.39, 0.29) is 5.91 Å². The molecule has 1 heterocycles. The highest BCUT2D eigenvalue weighted by atomic mass is 32.1. The normalized spacial score (nSPS) is 11.3. The molecule has 1 amide bonds. The summed E-state index contributed by atoms with van der Waals surface area (Å²) in [5.41, 5.74) is 0.975. The average Bonchev–Trinajstić information content (AvgIpc) is 2.92. The number of carbonyl (C=O) groups is 1. The van der Waals surface area contributed by atoms with E-state index >= 15 is 0 Å². The summed E-state index contributed by atoms with van der Waals surface area (Å²) in [5, 5.41) is 0.834. The van der Waals surface area contributed by atoms with Crippen LogP contribution in [-0.2, 0) is 4.79 Å². The van der Waals surface area contributed by atoms with Crippen molar-refractivity contribution in [3.05, 3.63) is 24.3 Å². The van der Waals surface area contributed by atoms with Crippen molar-refractivity contribution in [1.82, 2.24) is 9.88 Å². The van der Waals surface area contributed by atoms with Crippen LogP contribution in [0.4, 0.5) is 5.13 Å². The van der Waals surface area contributed by atoms with E-state index in [1.54, 1.807) is 11.3 Å². The van der Waals surface area contributed by atoms with Gasteiger partial charge in [0.2, 0.25) is 5.91 Å². The molecule has 0 bridgehead atoms. The van der Waals surface area contributed by atoms with Gasteiger partial charge in [0.25, 0.3) is 0 Å². The number of thiazole rings is 1. The maximum Gasteiger partial charge on any atom is 0.228 e. The molecule has 0 aliphatic heterocycles. The first-order valence-electron chi connectivity index (χ1n) is 7.92. The molecule has 0 fully saturated rings. The second-order valence-corrected chi connectivity index (χ2v) is 6.78. The Hall–Kier alpha value is -1.46. The van der Waals surface area contributed by atoms with Crippen molar-refractivity contribution in [3.63, 3.8) is 0 Å². The SMILES string of the molecule is CCCCC(=O)N(CCCN(C)C)c1nc2ccccc2s1. The van der Waals surface area contributed by atoms with E-state index in [1.165, 1.54) is 0 Å². The molecule has 1 aromatic heterocycles. The molecule has 2 aromatic rings. The molecule has 120 valence electrons. The summed E-state index contributed by atoms with van der Waals surface area (Å²) in [6.07, 6.45) is 3.54. The Bertz CT molecular complexity index is 576. The van der Waals surface area contributed by atoms with Crippen LogP contribution in [0, 0.1) is 0 Å². The van der Waals surface area contributed by atoms with Gasteiger partial charge in [0.15, 0.2) is 5.13 Å². The molecule has 0 unspecified atom stereocenters. The van der Waals surface area contributed by atoms with Crippen LogP contribution >= 0.6 is 11.3 Å². The number of para-hydroxylation sites is 1. The van der Waals surface area contributed by atoms with E-state index in [9.17, 15) is 4.79 Å². The van der Waals surface area contributed by atoms with Crippen molar-refractivity contribution in [2.75, 3.05) is 32.1 Å². The quantitative estimate of drug-likeness (QED) is 0.743. The molecule has 2 rings (SSSR count). The van der Waals surface area contributed by atoms with Crippen LogP contribution in [0.25, 0.3) is 10.2 Å². The summed E-state index contributed by atoms with van der Waals surface area (Å²) in [6, 6.07) is 8.07. The molecule has 0 atom stereocenters. The predicted molar refractivity (Wildman–Crippen MR) is 94.7 cm³/mol. The zero-order valence-electron chi connectivity index (χ0n) is 13.7. The van der Waals surface area contributed by atoms with Crippen LogP contribution in [0.2, 0.25) is 0 Å². The topological polar surface area (TPSA) is 36.4 Å². The summed E-state index contributed by atoms with van der Waals surface area (Å²) in [6.45, 7) is 3.82. The Morgan fingerprint density at radius 2 is 1.95 bits per heavy atom. The third kappa shape index (κ3) is 4.52. The van der Waals surface area contributed by atoms with E-state index < -0.39 is 0 Å². The van der Waals surface area contributed by atoms with Crippen LogP contribution in [0.3, 0.4) is 0 Å². The minimum Gasteiger partial charge on any atom is -0.309 e. The van der Waals surface area contributed by atoms with Gasteiger partial charge in [-0.05, 0) is 45.6 Å². The molecule has 5 heteroatoms. The maximum atomic E-state index is 12.5. The Labute approximate surface area is 136 Å². The third-order valence-electron chi connectivity index (χ3n) is 3.55. The highest BCUT2D eigenvalue weighted by Crippen LogP contribution is 2.29. The van der Waals surface area contributed by atoms with Crippen molar-refractivity contribution in [2.45, 2.75) is 32.6 Å². The molecule has 0 saturated heterocycles. The number of aromatic nitrogens is 1. The van der Waals surface area contributed by atoms with Gasteiger partial charge in [-0.15, -0.1) is 0 Å². The van der Waals surface area contributed by atoms with Gasteiger partial charge in [-0.1, -0.05) is 36.8 Å². The summed E-state index contributed by atoms with van der Waals surface area (Å²) >= 11 is 1.61. The van der Waals surface area contributed by atoms with Crippen LogP contribution in [0.15, 0.2) is 24.3 Å². The largest absolute Gasteiger partial charge is 0.309 e. The first-order chi connectivity index (χ1) is 10.6. The molecule has 22 heavy (non-hydrogen) atoms. The van der Waals surface area contributed by atoms with Crippen LogP contribution in [-0.4, -0.2) is 43.0 Å². The smallest absolute Gasteiger partial charge is 0.228 e. The Kier molecular flexibility index (Phi) is 6.34. The highest BCUT2D eigenvalue weighted by Gasteiger charge is 2.18. The Balaban J connectivity index is 2.16. The van der Waals surface area contributed by atoms with Gasteiger partial charge < -0.3 is 4.90 Å². The molecule has 0 N–H and O–H groups in total. The van der Waals surface area contributed by atoms with Gasteiger partial charge in [-0.25, -0.2) is 4.98 Å². The highest BCUT2D eigenvalue weighted by molar-refractivity contribution is 7.22. The lowest BCUT2D eigenvalue weighted by Crippen LogP contribution is -2.33. The molecular formula is C17H25N3OS. The fraction of sp³-hybridized carbons (Fsp3) is 0.529. The standard InChI is InChI=1S/C17H25N3OS/c1-4-5-11-16(21)20(13-8-12-19(2)3)17-18-14-9-6-7-10-15(14)22-17/h6-7,9-10H,4-5,8,11-13H2,1-3H3. The summed E-state index contributed by atoms with van der Waals surface area (Å²) in [4.78, 5) is 21.2. The number of nitrogens with zero attached hydrogens (tertiary/aromatic N) is 3. The van der Waals surface area contributed by atoms with E-state index in [2.05, 4.69) is 37.0 Å². The number of amides is 1. The Morgan fingerprint density at radius 3 is 2.64 bits per heavy atom. The summed E-state index contributed by atoms with van der Waals surface area (Å²) in [5.74, 6) is 0.194. The fourth-order valence-corrected chi connectivity index (χ4v) is 3.32. The zero-order chi connectivity index (χ0) is 15.9. The van der Waals surface area contributed by atoms with Gasteiger partial charge >= 0.3 is 0 Å². The van der Waals surface area contributed by atoms with E-state index in [0.717, 1.165) is 47.7 Å². The van der Waals surface area contributed by atoms with Gasteiger partial charge in [0, 0.05) is 13.0 Å². The van der Waals surface area contributed by atoms with E-state index in [4.69, 9.17) is 0 Å². The first kappa shape index (κ1) is 16.9. The first-order valence-corrected chi connectivity index (χ1v) is 8.74. The molecule has 0 radical (unpaired) electrons.